The molecule has 0 atom stereocenters. The molecule has 0 unspecified atom stereocenters. The Labute approximate surface area is 94.2 Å². The summed E-state index contributed by atoms with van der Waals surface area (Å²) >= 11 is 0. The minimum atomic E-state index is -0.461. The third kappa shape index (κ3) is 2.59. The van der Waals surface area contributed by atoms with Gasteiger partial charge in [0.15, 0.2) is 0 Å². The number of carbonyl (C=O) groups is 2. The Morgan fingerprint density at radius 3 is 2.75 bits per heavy atom. The summed E-state index contributed by atoms with van der Waals surface area (Å²) < 4.78 is 10.0. The molecule has 0 N–H and O–H groups in total. The van der Waals surface area contributed by atoms with E-state index in [2.05, 4.69) is 0 Å². The van der Waals surface area contributed by atoms with Crippen LogP contribution in [0.2, 0.25) is 0 Å². The summed E-state index contributed by atoms with van der Waals surface area (Å²) in [5.74, 6) is -0.0328. The standard InChI is InChI=1S/C12H14O4/c1-3-16-12(14)11-9(7-8-13)5-4-6-10(11)15-2/h4-6,8H,3,7H2,1-2H3. The van der Waals surface area contributed by atoms with Crippen molar-refractivity contribution in [3.63, 3.8) is 0 Å². The van der Waals surface area contributed by atoms with Crippen LogP contribution in [0.15, 0.2) is 18.2 Å². The molecule has 0 bridgehead atoms. The molecule has 0 aromatic heterocycles. The summed E-state index contributed by atoms with van der Waals surface area (Å²) in [6.07, 6.45) is 0.919. The predicted octanol–water partition coefficient (Wildman–Crippen LogP) is 1.61. The van der Waals surface area contributed by atoms with Gasteiger partial charge < -0.3 is 14.3 Å². The SMILES string of the molecule is CCOC(=O)c1c(CC=O)cccc1OC. The van der Waals surface area contributed by atoms with Gasteiger partial charge in [-0.25, -0.2) is 4.79 Å². The Balaban J connectivity index is 3.18. The van der Waals surface area contributed by atoms with Gasteiger partial charge in [-0.1, -0.05) is 12.1 Å². The van der Waals surface area contributed by atoms with Crippen LogP contribution < -0.4 is 4.74 Å². The lowest BCUT2D eigenvalue weighted by Crippen LogP contribution is -2.10. The molecule has 0 saturated carbocycles. The van der Waals surface area contributed by atoms with E-state index < -0.39 is 5.97 Å². The monoisotopic (exact) mass is 222 g/mol. The van der Waals surface area contributed by atoms with Crippen molar-refractivity contribution in [2.45, 2.75) is 13.3 Å². The van der Waals surface area contributed by atoms with Crippen LogP contribution in [0.4, 0.5) is 0 Å². The van der Waals surface area contributed by atoms with Crippen LogP contribution >= 0.6 is 0 Å². The first kappa shape index (κ1) is 12.2. The highest BCUT2D eigenvalue weighted by atomic mass is 16.5. The molecular weight excluding hydrogens is 208 g/mol. The Morgan fingerprint density at radius 2 is 2.19 bits per heavy atom. The molecule has 0 spiro atoms. The Bertz CT molecular complexity index is 385. The summed E-state index contributed by atoms with van der Waals surface area (Å²) in [4.78, 5) is 22.2. The zero-order valence-corrected chi connectivity index (χ0v) is 9.36. The number of rotatable bonds is 5. The van der Waals surface area contributed by atoms with Crippen molar-refractivity contribution in [1.82, 2.24) is 0 Å². The molecule has 1 rings (SSSR count). The topological polar surface area (TPSA) is 52.6 Å². The summed E-state index contributed by atoms with van der Waals surface area (Å²) in [5, 5.41) is 0. The lowest BCUT2D eigenvalue weighted by atomic mass is 10.0. The lowest BCUT2D eigenvalue weighted by molar-refractivity contribution is -0.107. The van der Waals surface area contributed by atoms with E-state index in [4.69, 9.17) is 9.47 Å². The fourth-order valence-electron chi connectivity index (χ4n) is 1.44. The van der Waals surface area contributed by atoms with Gasteiger partial charge in [0, 0.05) is 6.42 Å². The first-order valence-corrected chi connectivity index (χ1v) is 5.01. The second-order valence-corrected chi connectivity index (χ2v) is 3.09. The summed E-state index contributed by atoms with van der Waals surface area (Å²) in [5.41, 5.74) is 0.951. The maximum absolute atomic E-state index is 11.7. The van der Waals surface area contributed by atoms with Crippen LogP contribution in [0.1, 0.15) is 22.8 Å². The average molecular weight is 222 g/mol. The second kappa shape index (κ2) is 5.90. The van der Waals surface area contributed by atoms with Crippen LogP contribution in [-0.2, 0) is 16.0 Å². The number of aldehydes is 1. The van der Waals surface area contributed by atoms with Crippen LogP contribution in [0.3, 0.4) is 0 Å². The molecule has 4 nitrogen and oxygen atoms in total. The zero-order valence-electron chi connectivity index (χ0n) is 9.36. The molecule has 86 valence electrons. The van der Waals surface area contributed by atoms with Crippen molar-refractivity contribution >= 4 is 12.3 Å². The first-order chi connectivity index (χ1) is 7.74. The molecule has 0 aliphatic rings. The Morgan fingerprint density at radius 1 is 1.44 bits per heavy atom. The van der Waals surface area contributed by atoms with E-state index in [1.807, 2.05) is 0 Å². The van der Waals surface area contributed by atoms with Crippen molar-refractivity contribution in [2.24, 2.45) is 0 Å². The molecule has 0 fully saturated rings. The van der Waals surface area contributed by atoms with E-state index in [1.54, 1.807) is 25.1 Å². The maximum Gasteiger partial charge on any atom is 0.342 e. The van der Waals surface area contributed by atoms with Gasteiger partial charge in [-0.15, -0.1) is 0 Å². The van der Waals surface area contributed by atoms with Crippen molar-refractivity contribution in [3.05, 3.63) is 29.3 Å². The normalized spacial score (nSPS) is 9.62. The van der Waals surface area contributed by atoms with E-state index in [0.29, 0.717) is 16.9 Å². The van der Waals surface area contributed by atoms with Gasteiger partial charge >= 0.3 is 5.97 Å². The van der Waals surface area contributed by atoms with Crippen LogP contribution in [0, 0.1) is 0 Å². The van der Waals surface area contributed by atoms with Crippen molar-refractivity contribution in [3.8, 4) is 5.75 Å². The molecular formula is C12H14O4. The molecule has 0 amide bonds. The van der Waals surface area contributed by atoms with Crippen LogP contribution in [0.5, 0.6) is 5.75 Å². The van der Waals surface area contributed by atoms with Gasteiger partial charge in [0.1, 0.15) is 17.6 Å². The smallest absolute Gasteiger partial charge is 0.342 e. The van der Waals surface area contributed by atoms with Gasteiger partial charge in [0.25, 0.3) is 0 Å². The quantitative estimate of drug-likeness (QED) is 0.561. The Hall–Kier alpha value is -1.84. The molecule has 0 heterocycles. The first-order valence-electron chi connectivity index (χ1n) is 5.01. The largest absolute Gasteiger partial charge is 0.496 e. The van der Waals surface area contributed by atoms with Gasteiger partial charge in [0.05, 0.1) is 13.7 Å². The average Bonchev–Trinajstić information content (AvgIpc) is 2.29. The number of methoxy groups -OCH3 is 1. The molecule has 0 aliphatic carbocycles. The number of hydrogen-bond acceptors (Lipinski definition) is 4. The number of ether oxygens (including phenoxy) is 2. The van der Waals surface area contributed by atoms with Gasteiger partial charge in [0.2, 0.25) is 0 Å². The molecule has 0 radical (unpaired) electrons. The van der Waals surface area contributed by atoms with Gasteiger partial charge in [-0.2, -0.15) is 0 Å². The molecule has 0 saturated heterocycles. The number of hydrogen-bond donors (Lipinski definition) is 0. The van der Waals surface area contributed by atoms with E-state index in [1.165, 1.54) is 7.11 Å². The third-order valence-electron chi connectivity index (χ3n) is 2.12. The molecule has 1 aromatic carbocycles. The maximum atomic E-state index is 11.7. The van der Waals surface area contributed by atoms with E-state index >= 15 is 0 Å². The lowest BCUT2D eigenvalue weighted by Gasteiger charge is -2.11. The number of benzene rings is 1. The van der Waals surface area contributed by atoms with E-state index in [0.717, 1.165) is 6.29 Å². The molecule has 1 aromatic rings. The zero-order chi connectivity index (χ0) is 12.0. The summed E-state index contributed by atoms with van der Waals surface area (Å²) in [6, 6.07) is 5.12. The van der Waals surface area contributed by atoms with Crippen molar-refractivity contribution in [1.29, 1.82) is 0 Å². The minimum Gasteiger partial charge on any atom is -0.496 e. The fourth-order valence-corrected chi connectivity index (χ4v) is 1.44. The van der Waals surface area contributed by atoms with E-state index in [9.17, 15) is 9.59 Å². The van der Waals surface area contributed by atoms with E-state index in [-0.39, 0.29) is 13.0 Å². The van der Waals surface area contributed by atoms with Crippen LogP contribution in [0.25, 0.3) is 0 Å². The minimum absolute atomic E-state index is 0.172. The summed E-state index contributed by atoms with van der Waals surface area (Å²) in [7, 11) is 1.47. The molecule has 0 aliphatic heterocycles. The highest BCUT2D eigenvalue weighted by molar-refractivity contribution is 5.94. The van der Waals surface area contributed by atoms with Gasteiger partial charge in [-0.3, -0.25) is 0 Å². The highest BCUT2D eigenvalue weighted by Gasteiger charge is 2.17. The van der Waals surface area contributed by atoms with Gasteiger partial charge in [-0.05, 0) is 18.6 Å². The van der Waals surface area contributed by atoms with Crippen molar-refractivity contribution in [2.75, 3.05) is 13.7 Å². The second-order valence-electron chi connectivity index (χ2n) is 3.09. The van der Waals surface area contributed by atoms with Crippen molar-refractivity contribution < 1.29 is 19.1 Å². The predicted molar refractivity (Wildman–Crippen MR) is 58.7 cm³/mol. The number of esters is 1. The molecule has 16 heavy (non-hydrogen) atoms. The highest BCUT2D eigenvalue weighted by Crippen LogP contribution is 2.23. The summed E-state index contributed by atoms with van der Waals surface area (Å²) in [6.45, 7) is 2.02. The Kier molecular flexibility index (Phi) is 4.51. The third-order valence-corrected chi connectivity index (χ3v) is 2.12. The fraction of sp³-hybridized carbons (Fsp3) is 0.333. The number of carbonyl (C=O) groups excluding carboxylic acids is 2. The molecule has 4 heteroatoms. The van der Waals surface area contributed by atoms with Crippen LogP contribution in [-0.4, -0.2) is 26.0 Å².